The Kier molecular flexibility index (Phi) is 5.00. The number of halogens is 4. The summed E-state index contributed by atoms with van der Waals surface area (Å²) >= 11 is 5.73. The van der Waals surface area contributed by atoms with Crippen LogP contribution < -0.4 is 5.32 Å². The molecule has 1 N–H and O–H groups in total. The van der Waals surface area contributed by atoms with E-state index in [0.717, 1.165) is 31.5 Å². The lowest BCUT2D eigenvalue weighted by atomic mass is 10.2. The molecule has 1 aromatic rings. The number of nitrogens with zero attached hydrogens (tertiary/aromatic N) is 1. The van der Waals surface area contributed by atoms with E-state index >= 15 is 0 Å². The first-order valence-electron chi connectivity index (χ1n) is 5.11. The van der Waals surface area contributed by atoms with Gasteiger partial charge in [0.25, 0.3) is 0 Å². The van der Waals surface area contributed by atoms with E-state index in [1.54, 1.807) is 6.07 Å². The quantitative estimate of drug-likeness (QED) is 0.528. The molecule has 0 heterocycles. The molecular formula is C12H8ClF3N2O2. The highest BCUT2D eigenvalue weighted by Crippen LogP contribution is 2.33. The molecule has 0 saturated carbocycles. The van der Waals surface area contributed by atoms with E-state index in [1.165, 1.54) is 0 Å². The van der Waals surface area contributed by atoms with E-state index in [2.05, 4.69) is 10.1 Å². The van der Waals surface area contributed by atoms with Crippen molar-refractivity contribution < 1.29 is 22.7 Å². The second-order valence-corrected chi connectivity index (χ2v) is 3.91. The lowest BCUT2D eigenvalue weighted by molar-refractivity contribution is -0.137. The first-order chi connectivity index (χ1) is 9.29. The Morgan fingerprint density at radius 1 is 1.50 bits per heavy atom. The molecule has 0 aliphatic rings. The molecule has 1 rings (SSSR count). The minimum absolute atomic E-state index is 0.0106. The van der Waals surface area contributed by atoms with Crippen molar-refractivity contribution in [3.8, 4) is 6.07 Å². The van der Waals surface area contributed by atoms with E-state index in [-0.39, 0.29) is 10.7 Å². The molecule has 0 unspecified atom stereocenters. The number of nitrogens with one attached hydrogen (secondary N) is 1. The summed E-state index contributed by atoms with van der Waals surface area (Å²) in [6, 6.07) is 4.20. The molecule has 0 atom stereocenters. The lowest BCUT2D eigenvalue weighted by Gasteiger charge is -2.10. The molecule has 0 amide bonds. The van der Waals surface area contributed by atoms with Gasteiger partial charge in [0.2, 0.25) is 0 Å². The average molecular weight is 305 g/mol. The van der Waals surface area contributed by atoms with Crippen LogP contribution in [0.25, 0.3) is 0 Å². The molecule has 0 bridgehead atoms. The number of nitriles is 1. The Bertz CT molecular complexity index is 591. The third-order valence-corrected chi connectivity index (χ3v) is 2.52. The van der Waals surface area contributed by atoms with Gasteiger partial charge >= 0.3 is 12.1 Å². The summed E-state index contributed by atoms with van der Waals surface area (Å²) in [5.41, 5.74) is -1.39. The van der Waals surface area contributed by atoms with E-state index < -0.39 is 23.3 Å². The highest BCUT2D eigenvalue weighted by Gasteiger charge is 2.30. The van der Waals surface area contributed by atoms with Crippen molar-refractivity contribution in [2.45, 2.75) is 6.18 Å². The van der Waals surface area contributed by atoms with Gasteiger partial charge in [0.05, 0.1) is 23.4 Å². The topological polar surface area (TPSA) is 62.1 Å². The average Bonchev–Trinajstić information content (AvgIpc) is 2.39. The van der Waals surface area contributed by atoms with Crippen LogP contribution in [0.3, 0.4) is 0 Å². The number of benzene rings is 1. The van der Waals surface area contributed by atoms with E-state index in [4.69, 9.17) is 16.9 Å². The summed E-state index contributed by atoms with van der Waals surface area (Å²) in [4.78, 5) is 11.1. The van der Waals surface area contributed by atoms with Gasteiger partial charge in [0, 0.05) is 6.20 Å². The molecular weight excluding hydrogens is 297 g/mol. The number of hydrogen-bond acceptors (Lipinski definition) is 4. The molecule has 0 saturated heterocycles. The molecule has 0 spiro atoms. The predicted octanol–water partition coefficient (Wildman–Crippen LogP) is 3.35. The van der Waals surface area contributed by atoms with Crippen LogP contribution in [0.2, 0.25) is 5.02 Å². The number of carbonyl (C=O) groups is 1. The van der Waals surface area contributed by atoms with Gasteiger partial charge in [-0.25, -0.2) is 4.79 Å². The first-order valence-corrected chi connectivity index (χ1v) is 5.49. The van der Waals surface area contributed by atoms with Crippen LogP contribution in [0.4, 0.5) is 18.9 Å². The van der Waals surface area contributed by atoms with Crippen molar-refractivity contribution >= 4 is 23.3 Å². The summed E-state index contributed by atoms with van der Waals surface area (Å²) in [6.07, 6.45) is -3.60. The summed E-state index contributed by atoms with van der Waals surface area (Å²) < 4.78 is 41.9. The minimum Gasteiger partial charge on any atom is -0.465 e. The second kappa shape index (κ2) is 6.30. The maximum Gasteiger partial charge on any atom is 0.416 e. The summed E-state index contributed by atoms with van der Waals surface area (Å²) in [5.74, 6) is -0.914. The van der Waals surface area contributed by atoms with Gasteiger partial charge in [-0.3, -0.25) is 0 Å². The van der Waals surface area contributed by atoms with Gasteiger partial charge in [-0.1, -0.05) is 11.6 Å². The molecule has 0 radical (unpaired) electrons. The maximum absolute atomic E-state index is 12.5. The Labute approximate surface area is 117 Å². The van der Waals surface area contributed by atoms with Crippen LogP contribution in [-0.2, 0) is 15.7 Å². The summed E-state index contributed by atoms with van der Waals surface area (Å²) in [7, 11) is 1.07. The Hall–Kier alpha value is -2.20. The van der Waals surface area contributed by atoms with Gasteiger partial charge in [-0.15, -0.1) is 0 Å². The SMILES string of the molecule is COC(=O)/C(C#N)=C\Nc1cc(C(F)(F)F)ccc1Cl. The van der Waals surface area contributed by atoms with Crippen LogP contribution in [-0.4, -0.2) is 13.1 Å². The molecule has 0 aromatic heterocycles. The Morgan fingerprint density at radius 3 is 2.65 bits per heavy atom. The Balaban J connectivity index is 3.07. The monoisotopic (exact) mass is 304 g/mol. The number of rotatable bonds is 3. The summed E-state index contributed by atoms with van der Waals surface area (Å²) in [6.45, 7) is 0. The third kappa shape index (κ3) is 3.90. The number of hydrogen-bond donors (Lipinski definition) is 1. The smallest absolute Gasteiger partial charge is 0.416 e. The molecule has 20 heavy (non-hydrogen) atoms. The second-order valence-electron chi connectivity index (χ2n) is 3.50. The van der Waals surface area contributed by atoms with Crippen LogP contribution in [0.1, 0.15) is 5.56 Å². The standard InChI is InChI=1S/C12H8ClF3N2O2/c1-20-11(19)7(5-17)6-18-10-4-8(12(14,15)16)2-3-9(10)13/h2-4,6,18H,1H3/b7-6-. The number of alkyl halides is 3. The van der Waals surface area contributed by atoms with Crippen LogP contribution in [0.15, 0.2) is 30.0 Å². The van der Waals surface area contributed by atoms with Gasteiger partial charge in [0.1, 0.15) is 6.07 Å². The number of esters is 1. The highest BCUT2D eigenvalue weighted by molar-refractivity contribution is 6.33. The normalized spacial score (nSPS) is 11.7. The van der Waals surface area contributed by atoms with Crippen LogP contribution in [0.5, 0.6) is 0 Å². The fraction of sp³-hybridized carbons (Fsp3) is 0.167. The fourth-order valence-corrected chi connectivity index (χ4v) is 1.38. The van der Waals surface area contributed by atoms with Crippen LogP contribution >= 0.6 is 11.6 Å². The Morgan fingerprint density at radius 2 is 2.15 bits per heavy atom. The van der Waals surface area contributed by atoms with Crippen LogP contribution in [0, 0.1) is 11.3 Å². The van der Waals surface area contributed by atoms with Gasteiger partial charge in [0.15, 0.2) is 5.57 Å². The molecule has 8 heteroatoms. The molecule has 0 aliphatic carbocycles. The lowest BCUT2D eigenvalue weighted by Crippen LogP contribution is -2.07. The zero-order valence-electron chi connectivity index (χ0n) is 10.1. The minimum atomic E-state index is -4.52. The molecule has 4 nitrogen and oxygen atoms in total. The zero-order valence-corrected chi connectivity index (χ0v) is 10.8. The van der Waals surface area contributed by atoms with Crippen molar-refractivity contribution in [1.29, 1.82) is 5.26 Å². The van der Waals surface area contributed by atoms with Gasteiger partial charge in [-0.2, -0.15) is 18.4 Å². The molecule has 0 aliphatic heterocycles. The fourth-order valence-electron chi connectivity index (χ4n) is 1.21. The number of anilines is 1. The van der Waals surface area contributed by atoms with E-state index in [1.807, 2.05) is 0 Å². The largest absolute Gasteiger partial charge is 0.465 e. The van der Waals surface area contributed by atoms with Gasteiger partial charge in [-0.05, 0) is 18.2 Å². The van der Waals surface area contributed by atoms with E-state index in [0.29, 0.717) is 0 Å². The van der Waals surface area contributed by atoms with Gasteiger partial charge < -0.3 is 10.1 Å². The number of methoxy groups -OCH3 is 1. The van der Waals surface area contributed by atoms with E-state index in [9.17, 15) is 18.0 Å². The summed E-state index contributed by atoms with van der Waals surface area (Å²) in [5, 5.41) is 11.1. The molecule has 106 valence electrons. The number of carbonyl (C=O) groups excluding carboxylic acids is 1. The van der Waals surface area contributed by atoms with Crippen molar-refractivity contribution in [2.24, 2.45) is 0 Å². The maximum atomic E-state index is 12.5. The van der Waals surface area contributed by atoms with Crippen molar-refractivity contribution in [2.75, 3.05) is 12.4 Å². The first kappa shape index (κ1) is 15.9. The predicted molar refractivity (Wildman–Crippen MR) is 65.8 cm³/mol. The molecule has 0 fully saturated rings. The molecule has 1 aromatic carbocycles. The van der Waals surface area contributed by atoms with Crippen molar-refractivity contribution in [3.05, 3.63) is 40.6 Å². The third-order valence-electron chi connectivity index (χ3n) is 2.19. The van der Waals surface area contributed by atoms with Crippen molar-refractivity contribution in [3.63, 3.8) is 0 Å². The number of ether oxygens (including phenoxy) is 1. The highest BCUT2D eigenvalue weighted by atomic mass is 35.5. The van der Waals surface area contributed by atoms with Crippen molar-refractivity contribution in [1.82, 2.24) is 0 Å². The zero-order chi connectivity index (χ0) is 15.3.